The molecule has 0 aliphatic carbocycles. The van der Waals surface area contributed by atoms with Crippen molar-refractivity contribution in [2.45, 2.75) is 32.8 Å². The Labute approximate surface area is 98.4 Å². The quantitative estimate of drug-likeness (QED) is 0.367. The average molecular weight is 231 g/mol. The van der Waals surface area contributed by atoms with E-state index in [9.17, 15) is 0 Å². The molecule has 0 aromatic carbocycles. The van der Waals surface area contributed by atoms with E-state index in [1.54, 1.807) is 7.11 Å². The standard InChI is InChI=1S/C11H25N3O2/c1-5-16-8-6-7-13-10(12)14-9-11(2,3)15-4/h5-9H2,1-4H3,(H3,12,13,14). The van der Waals surface area contributed by atoms with Crippen molar-refractivity contribution in [2.24, 2.45) is 10.7 Å². The van der Waals surface area contributed by atoms with Crippen molar-refractivity contribution in [1.82, 2.24) is 5.32 Å². The van der Waals surface area contributed by atoms with E-state index in [1.807, 2.05) is 20.8 Å². The van der Waals surface area contributed by atoms with Gasteiger partial charge in [0.15, 0.2) is 5.96 Å². The maximum absolute atomic E-state index is 5.69. The van der Waals surface area contributed by atoms with Crippen LogP contribution in [0, 0.1) is 0 Å². The molecule has 5 nitrogen and oxygen atoms in total. The van der Waals surface area contributed by atoms with E-state index < -0.39 is 0 Å². The highest BCUT2D eigenvalue weighted by molar-refractivity contribution is 5.77. The molecule has 0 radical (unpaired) electrons. The van der Waals surface area contributed by atoms with E-state index in [0.717, 1.165) is 26.2 Å². The van der Waals surface area contributed by atoms with Gasteiger partial charge in [0.2, 0.25) is 0 Å². The SMILES string of the molecule is CCOCCCNC(N)=NCC(C)(C)OC. The van der Waals surface area contributed by atoms with Crippen LogP contribution in [0.25, 0.3) is 0 Å². The van der Waals surface area contributed by atoms with Gasteiger partial charge in [-0.15, -0.1) is 0 Å². The fourth-order valence-electron chi connectivity index (χ4n) is 0.931. The molecule has 0 spiro atoms. The first-order chi connectivity index (χ1) is 7.52. The molecule has 16 heavy (non-hydrogen) atoms. The summed E-state index contributed by atoms with van der Waals surface area (Å²) in [4.78, 5) is 4.20. The molecule has 0 amide bonds. The number of hydrogen-bond donors (Lipinski definition) is 2. The highest BCUT2D eigenvalue weighted by atomic mass is 16.5. The molecule has 0 aliphatic rings. The summed E-state index contributed by atoms with van der Waals surface area (Å²) in [5.74, 6) is 0.460. The summed E-state index contributed by atoms with van der Waals surface area (Å²) in [5.41, 5.74) is 5.43. The highest BCUT2D eigenvalue weighted by Gasteiger charge is 2.15. The second-order valence-electron chi connectivity index (χ2n) is 4.14. The number of nitrogens with one attached hydrogen (secondary N) is 1. The largest absolute Gasteiger partial charge is 0.382 e. The van der Waals surface area contributed by atoms with Gasteiger partial charge in [0.05, 0.1) is 12.1 Å². The van der Waals surface area contributed by atoms with Crippen LogP contribution in [0.1, 0.15) is 27.2 Å². The van der Waals surface area contributed by atoms with Crippen molar-refractivity contribution in [3.63, 3.8) is 0 Å². The Hall–Kier alpha value is -0.810. The summed E-state index contributed by atoms with van der Waals surface area (Å²) in [6.45, 7) is 8.76. The maximum Gasteiger partial charge on any atom is 0.188 e. The predicted octanol–water partition coefficient (Wildman–Crippen LogP) is 0.742. The molecule has 0 bridgehead atoms. The van der Waals surface area contributed by atoms with E-state index in [-0.39, 0.29) is 5.60 Å². The lowest BCUT2D eigenvalue weighted by Crippen LogP contribution is -2.35. The van der Waals surface area contributed by atoms with Crippen LogP contribution in [-0.2, 0) is 9.47 Å². The van der Waals surface area contributed by atoms with Crippen molar-refractivity contribution in [3.8, 4) is 0 Å². The lowest BCUT2D eigenvalue weighted by atomic mass is 10.1. The Bertz CT molecular complexity index is 205. The zero-order valence-corrected chi connectivity index (χ0v) is 10.9. The summed E-state index contributed by atoms with van der Waals surface area (Å²) in [6.07, 6.45) is 0.928. The molecule has 0 aromatic heterocycles. The molecule has 96 valence electrons. The third-order valence-electron chi connectivity index (χ3n) is 2.16. The first kappa shape index (κ1) is 15.2. The van der Waals surface area contributed by atoms with Crippen molar-refractivity contribution >= 4 is 5.96 Å². The molecule has 0 unspecified atom stereocenters. The van der Waals surface area contributed by atoms with Gasteiger partial charge in [0.1, 0.15) is 0 Å². The predicted molar refractivity (Wildman–Crippen MR) is 66.7 cm³/mol. The van der Waals surface area contributed by atoms with Crippen LogP contribution in [0.2, 0.25) is 0 Å². The van der Waals surface area contributed by atoms with Crippen molar-refractivity contribution in [1.29, 1.82) is 0 Å². The van der Waals surface area contributed by atoms with Crippen molar-refractivity contribution < 1.29 is 9.47 Å². The maximum atomic E-state index is 5.69. The average Bonchev–Trinajstić information content (AvgIpc) is 2.26. The molecule has 0 atom stereocenters. The second-order valence-corrected chi connectivity index (χ2v) is 4.14. The molecule has 0 saturated heterocycles. The van der Waals surface area contributed by atoms with Crippen LogP contribution in [0.5, 0.6) is 0 Å². The number of methoxy groups -OCH3 is 1. The first-order valence-electron chi connectivity index (χ1n) is 5.68. The van der Waals surface area contributed by atoms with Gasteiger partial charge < -0.3 is 20.5 Å². The third kappa shape index (κ3) is 8.49. The van der Waals surface area contributed by atoms with Gasteiger partial charge in [-0.2, -0.15) is 0 Å². The lowest BCUT2D eigenvalue weighted by Gasteiger charge is -2.20. The van der Waals surface area contributed by atoms with E-state index in [2.05, 4.69) is 10.3 Å². The molecule has 0 saturated carbocycles. The van der Waals surface area contributed by atoms with Crippen LogP contribution in [0.4, 0.5) is 0 Å². The van der Waals surface area contributed by atoms with Crippen LogP contribution >= 0.6 is 0 Å². The number of ether oxygens (including phenoxy) is 2. The Morgan fingerprint density at radius 2 is 2.12 bits per heavy atom. The second kappa shape index (κ2) is 8.35. The Morgan fingerprint density at radius 1 is 1.44 bits per heavy atom. The molecule has 0 aromatic rings. The van der Waals surface area contributed by atoms with Gasteiger partial charge in [-0.25, -0.2) is 0 Å². The van der Waals surface area contributed by atoms with Gasteiger partial charge in [0, 0.05) is 26.9 Å². The van der Waals surface area contributed by atoms with Crippen LogP contribution in [0.15, 0.2) is 4.99 Å². The molecular weight excluding hydrogens is 206 g/mol. The Balaban J connectivity index is 3.63. The van der Waals surface area contributed by atoms with E-state index in [0.29, 0.717) is 12.5 Å². The van der Waals surface area contributed by atoms with Gasteiger partial charge in [-0.1, -0.05) is 0 Å². The number of hydrogen-bond acceptors (Lipinski definition) is 3. The van der Waals surface area contributed by atoms with Gasteiger partial charge in [-0.3, -0.25) is 4.99 Å². The lowest BCUT2D eigenvalue weighted by molar-refractivity contribution is 0.0311. The minimum atomic E-state index is -0.266. The number of rotatable bonds is 8. The minimum absolute atomic E-state index is 0.266. The van der Waals surface area contributed by atoms with Crippen LogP contribution in [-0.4, -0.2) is 45.0 Å². The minimum Gasteiger partial charge on any atom is -0.382 e. The van der Waals surface area contributed by atoms with Crippen LogP contribution < -0.4 is 11.1 Å². The first-order valence-corrected chi connectivity index (χ1v) is 5.68. The summed E-state index contributed by atoms with van der Waals surface area (Å²) in [6, 6.07) is 0. The van der Waals surface area contributed by atoms with E-state index in [4.69, 9.17) is 15.2 Å². The number of nitrogens with two attached hydrogens (primary N) is 1. The molecule has 0 aliphatic heterocycles. The number of nitrogens with zero attached hydrogens (tertiary/aromatic N) is 1. The summed E-state index contributed by atoms with van der Waals surface area (Å²) in [5, 5.41) is 3.03. The normalized spacial score (nSPS) is 12.9. The molecule has 3 N–H and O–H groups in total. The smallest absolute Gasteiger partial charge is 0.188 e. The molecule has 0 rings (SSSR count). The van der Waals surface area contributed by atoms with Gasteiger partial charge in [-0.05, 0) is 27.2 Å². The monoisotopic (exact) mass is 231 g/mol. The van der Waals surface area contributed by atoms with E-state index in [1.165, 1.54) is 0 Å². The topological polar surface area (TPSA) is 68.9 Å². The molecular formula is C11H25N3O2. The molecule has 0 fully saturated rings. The zero-order chi connectivity index (χ0) is 12.4. The van der Waals surface area contributed by atoms with E-state index >= 15 is 0 Å². The van der Waals surface area contributed by atoms with Gasteiger partial charge in [0.25, 0.3) is 0 Å². The van der Waals surface area contributed by atoms with Gasteiger partial charge >= 0.3 is 0 Å². The van der Waals surface area contributed by atoms with Crippen LogP contribution in [0.3, 0.4) is 0 Å². The third-order valence-corrected chi connectivity index (χ3v) is 2.16. The molecule has 0 heterocycles. The number of guanidine groups is 1. The Morgan fingerprint density at radius 3 is 2.69 bits per heavy atom. The van der Waals surface area contributed by atoms with Crippen molar-refractivity contribution in [3.05, 3.63) is 0 Å². The van der Waals surface area contributed by atoms with Crippen molar-refractivity contribution in [2.75, 3.05) is 33.4 Å². The molecule has 5 heteroatoms. The summed E-state index contributed by atoms with van der Waals surface area (Å²) >= 11 is 0. The number of aliphatic imine (C=N–C) groups is 1. The Kier molecular flexibility index (Phi) is 7.93. The highest BCUT2D eigenvalue weighted by Crippen LogP contribution is 2.06. The fourth-order valence-corrected chi connectivity index (χ4v) is 0.931. The summed E-state index contributed by atoms with van der Waals surface area (Å²) < 4.78 is 10.4. The fraction of sp³-hybridized carbons (Fsp3) is 0.909. The zero-order valence-electron chi connectivity index (χ0n) is 10.9. The summed E-state index contributed by atoms with van der Waals surface area (Å²) in [7, 11) is 1.67.